The van der Waals surface area contributed by atoms with Crippen LogP contribution in [0.15, 0.2) is 55.6 Å². The number of fused-ring (bicyclic) bond motifs is 2. The first kappa shape index (κ1) is 21.6. The SMILES string of the molecule is Cc1cn(-c2cncc3[nH]c(-c4n[nH]c5cnc(-c6cncc(NC(=O)C(C)C)c6)cc45)nc23)cn1. The Morgan fingerprint density at radius 3 is 2.69 bits per heavy atom. The van der Waals surface area contributed by atoms with Crippen molar-refractivity contribution in [1.29, 1.82) is 0 Å². The monoisotopic (exact) mass is 478 g/mol. The molecule has 0 bridgehead atoms. The molecule has 0 fully saturated rings. The molecule has 0 radical (unpaired) electrons. The lowest BCUT2D eigenvalue weighted by Crippen LogP contribution is -2.17. The first-order valence-electron chi connectivity index (χ1n) is 11.4. The van der Waals surface area contributed by atoms with Gasteiger partial charge in [-0.2, -0.15) is 5.10 Å². The molecule has 0 unspecified atom stereocenters. The minimum atomic E-state index is -0.131. The molecule has 6 rings (SSSR count). The Labute approximate surface area is 205 Å². The molecular weight excluding hydrogens is 456 g/mol. The second-order valence-electron chi connectivity index (χ2n) is 8.86. The van der Waals surface area contributed by atoms with Crippen LogP contribution in [-0.2, 0) is 4.79 Å². The number of anilines is 1. The summed E-state index contributed by atoms with van der Waals surface area (Å²) < 4.78 is 1.90. The Balaban J connectivity index is 1.41. The van der Waals surface area contributed by atoms with Crippen LogP contribution in [0.25, 0.3) is 50.4 Å². The number of aryl methyl sites for hydroxylation is 1. The van der Waals surface area contributed by atoms with Crippen molar-refractivity contribution < 1.29 is 4.79 Å². The summed E-state index contributed by atoms with van der Waals surface area (Å²) in [5.74, 6) is 0.406. The number of amides is 1. The van der Waals surface area contributed by atoms with E-state index in [2.05, 4.69) is 40.4 Å². The summed E-state index contributed by atoms with van der Waals surface area (Å²) in [5.41, 5.74) is 6.81. The summed E-state index contributed by atoms with van der Waals surface area (Å²) in [7, 11) is 0. The third-order valence-corrected chi connectivity index (χ3v) is 5.86. The first-order valence-corrected chi connectivity index (χ1v) is 11.4. The Bertz CT molecular complexity index is 1740. The molecule has 6 aromatic heterocycles. The van der Waals surface area contributed by atoms with Gasteiger partial charge in [-0.05, 0) is 19.1 Å². The smallest absolute Gasteiger partial charge is 0.226 e. The van der Waals surface area contributed by atoms with Crippen LogP contribution in [0.1, 0.15) is 19.5 Å². The van der Waals surface area contributed by atoms with E-state index in [4.69, 9.17) is 4.98 Å². The fourth-order valence-corrected chi connectivity index (χ4v) is 3.96. The molecule has 0 aromatic carbocycles. The second kappa shape index (κ2) is 8.38. The van der Waals surface area contributed by atoms with Gasteiger partial charge in [0, 0.05) is 29.3 Å². The number of pyridine rings is 3. The zero-order chi connectivity index (χ0) is 24.8. The van der Waals surface area contributed by atoms with Crippen LogP contribution in [0.3, 0.4) is 0 Å². The molecule has 0 aliphatic heterocycles. The lowest BCUT2D eigenvalue weighted by atomic mass is 10.1. The Hall–Kier alpha value is -4.93. The van der Waals surface area contributed by atoms with Crippen molar-refractivity contribution in [3.8, 4) is 28.5 Å². The summed E-state index contributed by atoms with van der Waals surface area (Å²) in [6, 6.07) is 3.79. The van der Waals surface area contributed by atoms with E-state index in [1.807, 2.05) is 43.7 Å². The third kappa shape index (κ3) is 3.76. The molecule has 6 heterocycles. The molecule has 0 aliphatic carbocycles. The van der Waals surface area contributed by atoms with Gasteiger partial charge in [-0.15, -0.1) is 0 Å². The highest BCUT2D eigenvalue weighted by Crippen LogP contribution is 2.30. The molecule has 6 aromatic rings. The van der Waals surface area contributed by atoms with Crippen molar-refractivity contribution >= 4 is 33.5 Å². The quantitative estimate of drug-likeness (QED) is 0.339. The molecular formula is C25H22N10O. The summed E-state index contributed by atoms with van der Waals surface area (Å²) in [4.78, 5) is 37.8. The van der Waals surface area contributed by atoms with Gasteiger partial charge in [-0.1, -0.05) is 13.8 Å². The van der Waals surface area contributed by atoms with Crippen LogP contribution >= 0.6 is 0 Å². The van der Waals surface area contributed by atoms with Gasteiger partial charge >= 0.3 is 0 Å². The third-order valence-electron chi connectivity index (χ3n) is 5.86. The van der Waals surface area contributed by atoms with Crippen LogP contribution in [0.4, 0.5) is 5.69 Å². The van der Waals surface area contributed by atoms with Gasteiger partial charge in [-0.3, -0.25) is 24.8 Å². The summed E-state index contributed by atoms with van der Waals surface area (Å²) >= 11 is 0. The van der Waals surface area contributed by atoms with Crippen LogP contribution in [0.5, 0.6) is 0 Å². The molecule has 0 spiro atoms. The van der Waals surface area contributed by atoms with Crippen LogP contribution in [0.2, 0.25) is 0 Å². The number of aromatic amines is 2. The number of rotatable bonds is 5. The molecule has 0 aliphatic rings. The Morgan fingerprint density at radius 1 is 1.03 bits per heavy atom. The lowest BCUT2D eigenvalue weighted by molar-refractivity contribution is -0.118. The van der Waals surface area contributed by atoms with Gasteiger partial charge in [-0.25, -0.2) is 9.97 Å². The maximum Gasteiger partial charge on any atom is 0.226 e. The van der Waals surface area contributed by atoms with Gasteiger partial charge < -0.3 is 14.9 Å². The maximum atomic E-state index is 12.1. The zero-order valence-electron chi connectivity index (χ0n) is 19.8. The molecule has 0 saturated heterocycles. The van der Waals surface area contributed by atoms with Crippen LogP contribution < -0.4 is 5.32 Å². The molecule has 36 heavy (non-hydrogen) atoms. The van der Waals surface area contributed by atoms with E-state index in [0.717, 1.165) is 38.9 Å². The fraction of sp³-hybridized carbons (Fsp3) is 0.160. The number of nitrogens with zero attached hydrogens (tertiary/aromatic N) is 7. The van der Waals surface area contributed by atoms with Crippen molar-refractivity contribution in [3.05, 3.63) is 61.3 Å². The number of carbonyl (C=O) groups excluding carboxylic acids is 1. The molecule has 0 atom stereocenters. The van der Waals surface area contributed by atoms with E-state index in [9.17, 15) is 4.79 Å². The van der Waals surface area contributed by atoms with Crippen molar-refractivity contribution in [1.82, 2.24) is 44.7 Å². The lowest BCUT2D eigenvalue weighted by Gasteiger charge is -2.08. The van der Waals surface area contributed by atoms with Crippen molar-refractivity contribution in [2.75, 3.05) is 5.32 Å². The van der Waals surface area contributed by atoms with E-state index in [1.165, 1.54) is 0 Å². The summed E-state index contributed by atoms with van der Waals surface area (Å²) in [6.45, 7) is 5.62. The largest absolute Gasteiger partial charge is 0.335 e. The summed E-state index contributed by atoms with van der Waals surface area (Å²) in [5, 5.41) is 11.3. The molecule has 178 valence electrons. The average Bonchev–Trinajstić information content (AvgIpc) is 3.61. The highest BCUT2D eigenvalue weighted by atomic mass is 16.1. The first-order chi connectivity index (χ1) is 17.5. The molecule has 1 amide bonds. The van der Waals surface area contributed by atoms with Crippen LogP contribution in [0, 0.1) is 12.8 Å². The van der Waals surface area contributed by atoms with E-state index >= 15 is 0 Å². The van der Waals surface area contributed by atoms with Crippen molar-refractivity contribution in [2.45, 2.75) is 20.8 Å². The van der Waals surface area contributed by atoms with E-state index in [-0.39, 0.29) is 11.8 Å². The normalized spacial score (nSPS) is 11.6. The van der Waals surface area contributed by atoms with E-state index < -0.39 is 0 Å². The number of nitrogens with one attached hydrogen (secondary N) is 3. The van der Waals surface area contributed by atoms with Crippen LogP contribution in [-0.4, -0.2) is 50.6 Å². The topological polar surface area (TPSA) is 143 Å². The van der Waals surface area contributed by atoms with Gasteiger partial charge in [0.1, 0.15) is 11.2 Å². The van der Waals surface area contributed by atoms with E-state index in [0.29, 0.717) is 22.9 Å². The highest BCUT2D eigenvalue weighted by molar-refractivity contribution is 5.96. The van der Waals surface area contributed by atoms with E-state index in [1.54, 1.807) is 37.3 Å². The predicted molar refractivity (Wildman–Crippen MR) is 135 cm³/mol. The van der Waals surface area contributed by atoms with Gasteiger partial charge in [0.15, 0.2) is 5.82 Å². The van der Waals surface area contributed by atoms with Gasteiger partial charge in [0.25, 0.3) is 0 Å². The fourth-order valence-electron chi connectivity index (χ4n) is 3.96. The number of carbonyl (C=O) groups is 1. The molecule has 11 nitrogen and oxygen atoms in total. The second-order valence-corrected chi connectivity index (χ2v) is 8.86. The van der Waals surface area contributed by atoms with Crippen molar-refractivity contribution in [2.24, 2.45) is 5.92 Å². The zero-order valence-corrected chi connectivity index (χ0v) is 19.8. The number of hydrogen-bond acceptors (Lipinski definition) is 7. The minimum absolute atomic E-state index is 0.0703. The highest BCUT2D eigenvalue weighted by Gasteiger charge is 2.17. The molecule has 11 heteroatoms. The molecule has 3 N–H and O–H groups in total. The standard InChI is InChI=1S/C25H22N10O/c1-13(2)25(36)30-16-4-15(6-26-7-16)18-5-17-19(9-28-18)33-34-22(17)24-31-20-8-27-10-21(23(20)32-24)35-11-14(3)29-12-35/h4-13H,1-3H3,(H,30,36)(H,31,32)(H,33,34). The Kier molecular flexibility index (Phi) is 5.03. The van der Waals surface area contributed by atoms with Gasteiger partial charge in [0.2, 0.25) is 5.91 Å². The maximum absolute atomic E-state index is 12.1. The number of hydrogen-bond donors (Lipinski definition) is 3. The number of aromatic nitrogens is 9. The number of H-pyrrole nitrogens is 2. The number of imidazole rings is 2. The van der Waals surface area contributed by atoms with Gasteiger partial charge in [0.05, 0.1) is 64.9 Å². The Morgan fingerprint density at radius 2 is 1.89 bits per heavy atom. The average molecular weight is 479 g/mol. The summed E-state index contributed by atoms with van der Waals surface area (Å²) in [6.07, 6.45) is 12.2. The molecule has 0 saturated carbocycles. The predicted octanol–water partition coefficient (Wildman–Crippen LogP) is 4.05. The van der Waals surface area contributed by atoms with Crippen molar-refractivity contribution in [3.63, 3.8) is 0 Å². The minimum Gasteiger partial charge on any atom is -0.335 e.